The average molecular weight is 536 g/mol. The van der Waals surface area contributed by atoms with E-state index in [1.807, 2.05) is 43.3 Å². The Balaban J connectivity index is 1.32. The van der Waals surface area contributed by atoms with Crippen molar-refractivity contribution in [3.8, 4) is 11.5 Å². The second-order valence-electron chi connectivity index (χ2n) is 9.31. The number of ether oxygens (including phenoxy) is 1. The zero-order chi connectivity index (χ0) is 26.4. The summed E-state index contributed by atoms with van der Waals surface area (Å²) in [6.07, 6.45) is 1.14. The molecule has 3 N–H and O–H groups in total. The fourth-order valence-electron chi connectivity index (χ4n) is 4.84. The number of carbonyl (C=O) groups excluding carboxylic acids is 2. The SMILES string of the molecule is Cc1cc(Oc2ccccc2)ccc1N1C(=O)Nc2c(C(=O)N[C@H]3CNCC(F)(F)C3)sc3nccc1c23. The highest BCUT2D eigenvalue weighted by molar-refractivity contribution is 7.21. The number of aromatic nitrogens is 1. The number of piperidine rings is 1. The summed E-state index contributed by atoms with van der Waals surface area (Å²) in [6, 6.07) is 15.4. The summed E-state index contributed by atoms with van der Waals surface area (Å²) in [5.41, 5.74) is 2.37. The van der Waals surface area contributed by atoms with Crippen molar-refractivity contribution in [2.24, 2.45) is 0 Å². The number of benzene rings is 2. The number of thiophene rings is 1. The van der Waals surface area contributed by atoms with E-state index in [-0.39, 0.29) is 11.4 Å². The molecule has 1 atom stereocenters. The van der Waals surface area contributed by atoms with Crippen molar-refractivity contribution in [1.29, 1.82) is 0 Å². The predicted molar refractivity (Wildman–Crippen MR) is 142 cm³/mol. The van der Waals surface area contributed by atoms with Crippen molar-refractivity contribution in [1.82, 2.24) is 15.6 Å². The second kappa shape index (κ2) is 9.34. The lowest BCUT2D eigenvalue weighted by molar-refractivity contribution is -0.0301. The molecule has 2 aromatic heterocycles. The number of nitrogens with one attached hydrogen (secondary N) is 3. The van der Waals surface area contributed by atoms with Gasteiger partial charge in [0.1, 0.15) is 21.2 Å². The number of anilines is 3. The van der Waals surface area contributed by atoms with E-state index >= 15 is 0 Å². The normalized spacial score (nSPS) is 18.2. The van der Waals surface area contributed by atoms with Crippen molar-refractivity contribution in [2.45, 2.75) is 25.3 Å². The molecule has 1 saturated heterocycles. The van der Waals surface area contributed by atoms with E-state index in [4.69, 9.17) is 4.74 Å². The van der Waals surface area contributed by atoms with E-state index in [0.29, 0.717) is 38.8 Å². The van der Waals surface area contributed by atoms with Crippen LogP contribution < -0.4 is 25.6 Å². The molecule has 11 heteroatoms. The summed E-state index contributed by atoms with van der Waals surface area (Å²) in [6.45, 7) is 1.72. The number of hydrogen-bond acceptors (Lipinski definition) is 6. The Labute approximate surface area is 220 Å². The zero-order valence-electron chi connectivity index (χ0n) is 20.3. The Hall–Kier alpha value is -4.09. The summed E-state index contributed by atoms with van der Waals surface area (Å²) >= 11 is 1.11. The van der Waals surface area contributed by atoms with E-state index in [9.17, 15) is 18.4 Å². The Kier molecular flexibility index (Phi) is 5.96. The first-order valence-corrected chi connectivity index (χ1v) is 12.9. The third-order valence-corrected chi connectivity index (χ3v) is 7.59. The van der Waals surface area contributed by atoms with Gasteiger partial charge in [-0.1, -0.05) is 18.2 Å². The van der Waals surface area contributed by atoms with Gasteiger partial charge in [-0.2, -0.15) is 0 Å². The molecule has 0 unspecified atom stereocenters. The van der Waals surface area contributed by atoms with Crippen LogP contribution in [0.1, 0.15) is 21.7 Å². The topological polar surface area (TPSA) is 95.6 Å². The number of urea groups is 1. The highest BCUT2D eigenvalue weighted by Crippen LogP contribution is 2.46. The largest absolute Gasteiger partial charge is 0.457 e. The lowest BCUT2D eigenvalue weighted by Crippen LogP contribution is -2.53. The molecule has 3 amide bonds. The van der Waals surface area contributed by atoms with Crippen molar-refractivity contribution >= 4 is 50.6 Å². The Morgan fingerprint density at radius 1 is 1.16 bits per heavy atom. The summed E-state index contributed by atoms with van der Waals surface area (Å²) in [5.74, 6) is -2.08. The minimum atomic E-state index is -2.90. The number of para-hydroxylation sites is 1. The summed E-state index contributed by atoms with van der Waals surface area (Å²) < 4.78 is 33.5. The molecule has 0 saturated carbocycles. The molecule has 8 nitrogen and oxygen atoms in total. The van der Waals surface area contributed by atoms with Crippen LogP contribution in [0.15, 0.2) is 60.8 Å². The summed E-state index contributed by atoms with van der Waals surface area (Å²) in [7, 11) is 0. The molecule has 2 aliphatic heterocycles. The van der Waals surface area contributed by atoms with Crippen LogP contribution in [0.3, 0.4) is 0 Å². The van der Waals surface area contributed by atoms with Crippen LogP contribution in [0.2, 0.25) is 0 Å². The standard InChI is InChI=1S/C27H23F2N5O3S/c1-15-11-18(37-17-5-3-2-4-6-17)7-8-19(15)34-20-9-10-31-25-21(20)22(33-26(34)36)23(38-25)24(35)32-16-12-27(28,29)14-30-13-16/h2-11,16,30H,12-14H2,1H3,(H,32,35)(H,33,36)/t16-/m1/s1. The van der Waals surface area contributed by atoms with E-state index in [1.54, 1.807) is 29.3 Å². The molecule has 194 valence electrons. The van der Waals surface area contributed by atoms with E-state index in [0.717, 1.165) is 16.9 Å². The number of pyridine rings is 1. The maximum atomic E-state index is 13.8. The number of alkyl halides is 2. The number of rotatable bonds is 5. The molecular formula is C27H23F2N5O3S. The van der Waals surface area contributed by atoms with Gasteiger partial charge in [-0.15, -0.1) is 11.3 Å². The molecular weight excluding hydrogens is 512 g/mol. The van der Waals surface area contributed by atoms with Crippen LogP contribution >= 0.6 is 11.3 Å². The van der Waals surface area contributed by atoms with Gasteiger partial charge in [0, 0.05) is 25.2 Å². The van der Waals surface area contributed by atoms with E-state index in [2.05, 4.69) is 20.9 Å². The van der Waals surface area contributed by atoms with Crippen molar-refractivity contribution < 1.29 is 23.1 Å². The number of nitrogens with zero attached hydrogens (tertiary/aromatic N) is 2. The lowest BCUT2D eigenvalue weighted by atomic mass is 10.0. The number of halogens is 2. The molecule has 1 fully saturated rings. The minimum absolute atomic E-state index is 0.227. The average Bonchev–Trinajstić information content (AvgIpc) is 3.25. The predicted octanol–water partition coefficient (Wildman–Crippen LogP) is 5.81. The summed E-state index contributed by atoms with van der Waals surface area (Å²) in [4.78, 5) is 33.3. The van der Waals surface area contributed by atoms with Gasteiger partial charge in [0.15, 0.2) is 0 Å². The first kappa shape index (κ1) is 24.3. The number of carbonyl (C=O) groups is 2. The summed E-state index contributed by atoms with van der Waals surface area (Å²) in [5, 5.41) is 8.80. The maximum Gasteiger partial charge on any atom is 0.331 e. The highest BCUT2D eigenvalue weighted by Gasteiger charge is 2.38. The van der Waals surface area contributed by atoms with Gasteiger partial charge in [-0.3, -0.25) is 9.69 Å². The van der Waals surface area contributed by atoms with Gasteiger partial charge in [0.05, 0.1) is 29.0 Å². The Bertz CT molecular complexity index is 1560. The smallest absolute Gasteiger partial charge is 0.331 e. The van der Waals surface area contributed by atoms with Crippen molar-refractivity contribution in [3.05, 3.63) is 71.2 Å². The van der Waals surface area contributed by atoms with Crippen molar-refractivity contribution in [2.75, 3.05) is 23.3 Å². The first-order chi connectivity index (χ1) is 18.3. The van der Waals surface area contributed by atoms with Crippen LogP contribution in [0.5, 0.6) is 11.5 Å². The molecule has 0 spiro atoms. The van der Waals surface area contributed by atoms with Crippen molar-refractivity contribution in [3.63, 3.8) is 0 Å². The van der Waals surface area contributed by atoms with Gasteiger partial charge < -0.3 is 20.7 Å². The molecule has 4 aromatic rings. The first-order valence-electron chi connectivity index (χ1n) is 12.0. The third kappa shape index (κ3) is 4.44. The number of amides is 3. The number of aryl methyl sites for hydroxylation is 1. The van der Waals surface area contributed by atoms with Gasteiger partial charge in [0.25, 0.3) is 11.8 Å². The van der Waals surface area contributed by atoms with Gasteiger partial charge in [-0.25, -0.2) is 18.6 Å². The molecule has 6 rings (SSSR count). The maximum absolute atomic E-state index is 13.8. The Morgan fingerprint density at radius 3 is 2.74 bits per heavy atom. The number of hydrogen-bond donors (Lipinski definition) is 3. The molecule has 0 bridgehead atoms. The van der Waals surface area contributed by atoms with Gasteiger partial charge >= 0.3 is 6.03 Å². The van der Waals surface area contributed by atoms with Crippen LogP contribution in [-0.2, 0) is 0 Å². The fraction of sp³-hybridized carbons (Fsp3) is 0.222. The van der Waals surface area contributed by atoms with Crippen LogP contribution in [0.25, 0.3) is 10.2 Å². The molecule has 4 heterocycles. The van der Waals surface area contributed by atoms with E-state index < -0.39 is 36.9 Å². The van der Waals surface area contributed by atoms with Crippen LogP contribution in [0.4, 0.5) is 30.6 Å². The molecule has 2 aliphatic rings. The molecule has 2 aromatic carbocycles. The molecule has 38 heavy (non-hydrogen) atoms. The monoisotopic (exact) mass is 535 g/mol. The molecule has 0 aliphatic carbocycles. The zero-order valence-corrected chi connectivity index (χ0v) is 21.1. The third-order valence-electron chi connectivity index (χ3n) is 6.49. The van der Waals surface area contributed by atoms with E-state index in [1.165, 1.54) is 0 Å². The lowest BCUT2D eigenvalue weighted by Gasteiger charge is -2.31. The van der Waals surface area contributed by atoms with Gasteiger partial charge in [0.2, 0.25) is 0 Å². The minimum Gasteiger partial charge on any atom is -0.457 e. The molecule has 0 radical (unpaired) electrons. The van der Waals surface area contributed by atoms with Crippen LogP contribution in [0, 0.1) is 6.92 Å². The second-order valence-corrected chi connectivity index (χ2v) is 10.3. The van der Waals surface area contributed by atoms with Gasteiger partial charge in [-0.05, 0) is 48.9 Å². The Morgan fingerprint density at radius 2 is 1.97 bits per heavy atom. The quantitative estimate of drug-likeness (QED) is 0.300. The highest BCUT2D eigenvalue weighted by atomic mass is 32.1. The fourth-order valence-corrected chi connectivity index (χ4v) is 5.86. The van der Waals surface area contributed by atoms with Crippen LogP contribution in [-0.4, -0.2) is 42.0 Å².